The number of sulfone groups is 1. The van der Waals surface area contributed by atoms with Crippen molar-refractivity contribution in [3.63, 3.8) is 0 Å². The summed E-state index contributed by atoms with van der Waals surface area (Å²) < 4.78 is 25.3. The molecular weight excluding hydrogens is 312 g/mol. The Hall–Kier alpha value is -1.73. The lowest BCUT2D eigenvalue weighted by molar-refractivity contribution is 0.569. The molecule has 2 aromatic heterocycles. The summed E-state index contributed by atoms with van der Waals surface area (Å²) in [4.78, 5) is 4.41. The first-order valence-corrected chi connectivity index (χ1v) is 9.87. The molecule has 1 atom stereocenters. The third-order valence-corrected chi connectivity index (χ3v) is 6.53. The van der Waals surface area contributed by atoms with Crippen LogP contribution >= 0.6 is 0 Å². The van der Waals surface area contributed by atoms with Crippen molar-refractivity contribution in [2.45, 2.75) is 25.8 Å². The van der Waals surface area contributed by atoms with Crippen molar-refractivity contribution in [2.75, 3.05) is 18.1 Å². The summed E-state index contributed by atoms with van der Waals surface area (Å²) in [7, 11) is -2.84. The largest absolute Gasteiger partial charge is 0.312 e. The minimum absolute atomic E-state index is 0.193. The van der Waals surface area contributed by atoms with Gasteiger partial charge in [0, 0.05) is 31.3 Å². The van der Waals surface area contributed by atoms with Gasteiger partial charge in [0.05, 0.1) is 22.9 Å². The second kappa shape index (κ2) is 5.72. The van der Waals surface area contributed by atoms with Gasteiger partial charge in [-0.1, -0.05) is 6.07 Å². The number of nitrogens with one attached hydrogen (secondary N) is 1. The second-order valence-corrected chi connectivity index (χ2v) is 8.60. The Bertz CT molecular complexity index is 814. The molecule has 0 spiro atoms. The van der Waals surface area contributed by atoms with Crippen molar-refractivity contribution in [2.24, 2.45) is 5.92 Å². The van der Waals surface area contributed by atoms with E-state index in [1.165, 1.54) is 11.3 Å². The van der Waals surface area contributed by atoms with E-state index in [0.717, 1.165) is 43.9 Å². The van der Waals surface area contributed by atoms with E-state index in [0.29, 0.717) is 11.5 Å². The first-order valence-electron chi connectivity index (χ1n) is 8.04. The molecule has 6 nitrogen and oxygen atoms in total. The van der Waals surface area contributed by atoms with Crippen LogP contribution in [0.3, 0.4) is 0 Å². The lowest BCUT2D eigenvalue weighted by atomic mass is 9.98. The minimum atomic E-state index is -2.84. The number of pyridine rings is 1. The zero-order valence-corrected chi connectivity index (χ0v) is 13.7. The molecule has 4 rings (SSSR count). The predicted molar refractivity (Wildman–Crippen MR) is 87.2 cm³/mol. The summed E-state index contributed by atoms with van der Waals surface area (Å²) in [5.41, 5.74) is 3.46. The van der Waals surface area contributed by atoms with E-state index >= 15 is 0 Å². The van der Waals surface area contributed by atoms with Gasteiger partial charge in [-0.25, -0.2) is 18.1 Å². The topological polar surface area (TPSA) is 76.9 Å². The van der Waals surface area contributed by atoms with Crippen molar-refractivity contribution in [1.82, 2.24) is 20.1 Å². The molecule has 0 aliphatic carbocycles. The van der Waals surface area contributed by atoms with E-state index < -0.39 is 9.84 Å². The highest BCUT2D eigenvalue weighted by Gasteiger charge is 2.30. The van der Waals surface area contributed by atoms with Crippen LogP contribution in [0.1, 0.15) is 23.4 Å². The van der Waals surface area contributed by atoms with Gasteiger partial charge in [0.15, 0.2) is 15.7 Å². The molecule has 2 aliphatic heterocycles. The number of hydrogen-bond acceptors (Lipinski definition) is 5. The van der Waals surface area contributed by atoms with Crippen LogP contribution in [0.4, 0.5) is 0 Å². The van der Waals surface area contributed by atoms with E-state index in [-0.39, 0.29) is 5.92 Å². The molecule has 23 heavy (non-hydrogen) atoms. The molecule has 0 bridgehead atoms. The van der Waals surface area contributed by atoms with Gasteiger partial charge in [0.2, 0.25) is 0 Å². The summed E-state index contributed by atoms with van der Waals surface area (Å²) in [5, 5.41) is 8.19. The SMILES string of the molecule is O=S1(=O)CCC(Cc2nn(-c3ccccn3)c3c2CNCC3)C1. The first kappa shape index (κ1) is 14.8. The molecule has 0 amide bonds. The quantitative estimate of drug-likeness (QED) is 0.903. The highest BCUT2D eigenvalue weighted by atomic mass is 32.2. The van der Waals surface area contributed by atoms with E-state index in [9.17, 15) is 8.42 Å². The summed E-state index contributed by atoms with van der Waals surface area (Å²) in [6, 6.07) is 5.81. The van der Waals surface area contributed by atoms with E-state index in [1.54, 1.807) is 6.20 Å². The van der Waals surface area contributed by atoms with Crippen LogP contribution in [0.25, 0.3) is 5.82 Å². The number of aromatic nitrogens is 3. The summed E-state index contributed by atoms with van der Waals surface area (Å²) in [6.07, 6.45) is 4.18. The molecular formula is C16H20N4O2S. The lowest BCUT2D eigenvalue weighted by Gasteiger charge is -2.15. The maximum Gasteiger partial charge on any atom is 0.153 e. The fourth-order valence-electron chi connectivity index (χ4n) is 3.56. The number of fused-ring (bicyclic) bond motifs is 1. The van der Waals surface area contributed by atoms with Gasteiger partial charge in [0.25, 0.3) is 0 Å². The fourth-order valence-corrected chi connectivity index (χ4v) is 5.42. The smallest absolute Gasteiger partial charge is 0.153 e. The molecule has 2 aliphatic rings. The third kappa shape index (κ3) is 2.90. The van der Waals surface area contributed by atoms with Crippen molar-refractivity contribution in [1.29, 1.82) is 0 Å². The Morgan fingerprint density at radius 1 is 1.35 bits per heavy atom. The van der Waals surface area contributed by atoms with Crippen LogP contribution in [0.5, 0.6) is 0 Å². The summed E-state index contributed by atoms with van der Waals surface area (Å²) in [6.45, 7) is 1.74. The standard InChI is InChI=1S/C16H20N4O2S/c21-23(22)8-5-12(11-23)9-14-13-10-17-7-4-15(13)20(19-14)16-3-1-2-6-18-16/h1-3,6,12,17H,4-5,7-11H2. The molecule has 0 saturated carbocycles. The first-order chi connectivity index (χ1) is 11.1. The number of rotatable bonds is 3. The highest BCUT2D eigenvalue weighted by Crippen LogP contribution is 2.27. The van der Waals surface area contributed by atoms with Crippen LogP contribution in [-0.2, 0) is 29.2 Å². The van der Waals surface area contributed by atoms with Crippen LogP contribution in [0.15, 0.2) is 24.4 Å². The lowest BCUT2D eigenvalue weighted by Crippen LogP contribution is -2.25. The fraction of sp³-hybridized carbons (Fsp3) is 0.500. The molecule has 1 N–H and O–H groups in total. The minimum Gasteiger partial charge on any atom is -0.312 e. The zero-order chi connectivity index (χ0) is 15.9. The molecule has 1 saturated heterocycles. The van der Waals surface area contributed by atoms with E-state index in [4.69, 9.17) is 5.10 Å². The van der Waals surface area contributed by atoms with Gasteiger partial charge < -0.3 is 5.32 Å². The van der Waals surface area contributed by atoms with Crippen molar-refractivity contribution >= 4 is 9.84 Å². The molecule has 2 aromatic rings. The van der Waals surface area contributed by atoms with Crippen molar-refractivity contribution in [3.8, 4) is 5.82 Å². The average molecular weight is 332 g/mol. The van der Waals surface area contributed by atoms with Gasteiger partial charge in [-0.05, 0) is 30.9 Å². The Balaban J connectivity index is 1.69. The molecule has 0 aromatic carbocycles. The Morgan fingerprint density at radius 3 is 3.00 bits per heavy atom. The predicted octanol–water partition coefficient (Wildman–Crippen LogP) is 0.890. The van der Waals surface area contributed by atoms with Crippen molar-refractivity contribution in [3.05, 3.63) is 41.3 Å². The van der Waals surface area contributed by atoms with Crippen LogP contribution in [0.2, 0.25) is 0 Å². The molecule has 1 fully saturated rings. The summed E-state index contributed by atoms with van der Waals surface area (Å²) >= 11 is 0. The van der Waals surface area contributed by atoms with Crippen LogP contribution in [-0.4, -0.2) is 41.2 Å². The highest BCUT2D eigenvalue weighted by molar-refractivity contribution is 7.91. The zero-order valence-electron chi connectivity index (χ0n) is 12.9. The van der Waals surface area contributed by atoms with E-state index in [2.05, 4.69) is 10.3 Å². The summed E-state index contributed by atoms with van der Waals surface area (Å²) in [5.74, 6) is 1.64. The Labute approximate surface area is 135 Å². The maximum absolute atomic E-state index is 11.7. The Kier molecular flexibility index (Phi) is 3.69. The van der Waals surface area contributed by atoms with Gasteiger partial charge in [-0.3, -0.25) is 0 Å². The second-order valence-electron chi connectivity index (χ2n) is 6.37. The molecule has 0 radical (unpaired) electrons. The monoisotopic (exact) mass is 332 g/mol. The normalized spacial score (nSPS) is 22.9. The molecule has 1 unspecified atom stereocenters. The number of hydrogen-bond donors (Lipinski definition) is 1. The van der Waals surface area contributed by atoms with E-state index in [1.807, 2.05) is 22.9 Å². The van der Waals surface area contributed by atoms with Crippen LogP contribution < -0.4 is 5.32 Å². The third-order valence-electron chi connectivity index (χ3n) is 4.69. The maximum atomic E-state index is 11.7. The number of nitrogens with zero attached hydrogens (tertiary/aromatic N) is 3. The van der Waals surface area contributed by atoms with Crippen molar-refractivity contribution < 1.29 is 8.42 Å². The molecule has 122 valence electrons. The van der Waals surface area contributed by atoms with Gasteiger partial charge >= 0.3 is 0 Å². The molecule has 7 heteroatoms. The van der Waals surface area contributed by atoms with Gasteiger partial charge in [-0.2, -0.15) is 5.10 Å². The molecule has 4 heterocycles. The van der Waals surface area contributed by atoms with Gasteiger partial charge in [-0.15, -0.1) is 0 Å². The van der Waals surface area contributed by atoms with Gasteiger partial charge in [0.1, 0.15) is 0 Å². The Morgan fingerprint density at radius 2 is 2.26 bits per heavy atom. The average Bonchev–Trinajstić information content (AvgIpc) is 3.09. The van der Waals surface area contributed by atoms with Crippen LogP contribution in [0, 0.1) is 5.92 Å².